The second-order valence-electron chi connectivity index (χ2n) is 6.39. The average molecular weight is 347 g/mol. The Morgan fingerprint density at radius 2 is 1.68 bits per heavy atom. The monoisotopic (exact) mass is 347 g/mol. The molecule has 136 valence electrons. The standard InChI is InChI=1S/C18H25N3O4/c1-20(2)18(24)21-10-8-13(9-11-21)12-19-16(22)14-4-6-15(7-5-14)17(23)25-3/h4-7,13H,8-12H2,1-3H3,(H,19,22). The van der Waals surface area contributed by atoms with Crippen molar-refractivity contribution in [2.45, 2.75) is 12.8 Å². The fourth-order valence-corrected chi connectivity index (χ4v) is 2.83. The molecule has 1 saturated heterocycles. The Labute approximate surface area is 147 Å². The molecule has 3 amide bonds. The van der Waals surface area contributed by atoms with Crippen LogP contribution in [0.1, 0.15) is 33.6 Å². The third kappa shape index (κ3) is 4.95. The maximum Gasteiger partial charge on any atom is 0.337 e. The lowest BCUT2D eigenvalue weighted by atomic mass is 9.97. The number of amides is 3. The van der Waals surface area contributed by atoms with E-state index < -0.39 is 5.97 Å². The van der Waals surface area contributed by atoms with Gasteiger partial charge in [-0.05, 0) is 43.0 Å². The van der Waals surface area contributed by atoms with Crippen LogP contribution in [0.25, 0.3) is 0 Å². The molecule has 0 unspecified atom stereocenters. The van der Waals surface area contributed by atoms with Gasteiger partial charge in [-0.25, -0.2) is 9.59 Å². The summed E-state index contributed by atoms with van der Waals surface area (Å²) < 4.78 is 4.63. The molecule has 0 aromatic heterocycles. The van der Waals surface area contributed by atoms with Crippen molar-refractivity contribution in [2.75, 3.05) is 40.8 Å². The van der Waals surface area contributed by atoms with E-state index >= 15 is 0 Å². The van der Waals surface area contributed by atoms with Gasteiger partial charge in [0, 0.05) is 39.3 Å². The number of urea groups is 1. The summed E-state index contributed by atoms with van der Waals surface area (Å²) in [5.74, 6) is -0.223. The Balaban J connectivity index is 1.79. The van der Waals surface area contributed by atoms with Crippen LogP contribution in [0.2, 0.25) is 0 Å². The Morgan fingerprint density at radius 3 is 2.20 bits per heavy atom. The molecule has 1 aliphatic heterocycles. The number of methoxy groups -OCH3 is 1. The second-order valence-corrected chi connectivity index (χ2v) is 6.39. The summed E-state index contributed by atoms with van der Waals surface area (Å²) >= 11 is 0. The normalized spacial score (nSPS) is 14.8. The van der Waals surface area contributed by atoms with E-state index in [1.807, 2.05) is 4.90 Å². The third-order valence-electron chi connectivity index (χ3n) is 4.39. The maximum absolute atomic E-state index is 12.2. The molecule has 0 atom stereocenters. The first kappa shape index (κ1) is 18.8. The molecule has 1 aromatic carbocycles. The minimum Gasteiger partial charge on any atom is -0.465 e. The zero-order chi connectivity index (χ0) is 18.4. The zero-order valence-electron chi connectivity index (χ0n) is 14.9. The molecule has 0 bridgehead atoms. The minimum atomic E-state index is -0.425. The fraction of sp³-hybridized carbons (Fsp3) is 0.500. The Hall–Kier alpha value is -2.57. The maximum atomic E-state index is 12.2. The van der Waals surface area contributed by atoms with Crippen LogP contribution >= 0.6 is 0 Å². The highest BCUT2D eigenvalue weighted by Gasteiger charge is 2.24. The SMILES string of the molecule is COC(=O)c1ccc(C(=O)NCC2CCN(C(=O)N(C)C)CC2)cc1. The molecule has 7 heteroatoms. The van der Waals surface area contributed by atoms with Crippen LogP contribution in [0.5, 0.6) is 0 Å². The second kappa shape index (κ2) is 8.50. The molecule has 7 nitrogen and oxygen atoms in total. The van der Waals surface area contributed by atoms with Gasteiger partial charge in [0.25, 0.3) is 5.91 Å². The number of carbonyl (C=O) groups is 3. The summed E-state index contributed by atoms with van der Waals surface area (Å²) in [5.41, 5.74) is 0.921. The molecule has 25 heavy (non-hydrogen) atoms. The molecule has 0 aliphatic carbocycles. The van der Waals surface area contributed by atoms with E-state index in [-0.39, 0.29) is 11.9 Å². The van der Waals surface area contributed by atoms with Crippen LogP contribution in [-0.2, 0) is 4.74 Å². The quantitative estimate of drug-likeness (QED) is 0.839. The van der Waals surface area contributed by atoms with Crippen LogP contribution < -0.4 is 5.32 Å². The predicted molar refractivity (Wildman–Crippen MR) is 93.5 cm³/mol. The fourth-order valence-electron chi connectivity index (χ4n) is 2.83. The predicted octanol–water partition coefficient (Wildman–Crippen LogP) is 1.60. The van der Waals surface area contributed by atoms with Gasteiger partial charge >= 0.3 is 12.0 Å². The third-order valence-corrected chi connectivity index (χ3v) is 4.39. The van der Waals surface area contributed by atoms with Crippen LogP contribution in [0.4, 0.5) is 4.79 Å². The molecule has 1 heterocycles. The van der Waals surface area contributed by atoms with Crippen molar-refractivity contribution in [1.29, 1.82) is 0 Å². The van der Waals surface area contributed by atoms with Crippen molar-refractivity contribution in [3.05, 3.63) is 35.4 Å². The van der Waals surface area contributed by atoms with Crippen LogP contribution in [-0.4, -0.2) is 68.5 Å². The molecular formula is C18H25N3O4. The van der Waals surface area contributed by atoms with Crippen molar-refractivity contribution < 1.29 is 19.1 Å². The number of rotatable bonds is 4. The number of hydrogen-bond donors (Lipinski definition) is 1. The number of piperidine rings is 1. The molecule has 2 rings (SSSR count). The minimum absolute atomic E-state index is 0.0354. The summed E-state index contributed by atoms with van der Waals surface area (Å²) in [5, 5.41) is 2.93. The van der Waals surface area contributed by atoms with Crippen LogP contribution in [0.3, 0.4) is 0 Å². The molecule has 1 aromatic rings. The Bertz CT molecular complexity index is 620. The van der Waals surface area contributed by atoms with Gasteiger partial charge in [-0.2, -0.15) is 0 Å². The van der Waals surface area contributed by atoms with Crippen molar-refractivity contribution in [3.63, 3.8) is 0 Å². The van der Waals surface area contributed by atoms with Gasteiger partial charge in [-0.15, -0.1) is 0 Å². The number of benzene rings is 1. The number of ether oxygens (including phenoxy) is 1. The summed E-state index contributed by atoms with van der Waals surface area (Å²) in [6.45, 7) is 2.01. The van der Waals surface area contributed by atoms with Crippen LogP contribution in [0, 0.1) is 5.92 Å². The Kier molecular flexibility index (Phi) is 6.38. The summed E-state index contributed by atoms with van der Waals surface area (Å²) in [7, 11) is 4.82. The first-order valence-corrected chi connectivity index (χ1v) is 8.35. The number of nitrogens with zero attached hydrogens (tertiary/aromatic N) is 2. The van der Waals surface area contributed by atoms with E-state index in [2.05, 4.69) is 10.1 Å². The average Bonchev–Trinajstić information content (AvgIpc) is 2.65. The van der Waals surface area contributed by atoms with Crippen LogP contribution in [0.15, 0.2) is 24.3 Å². The highest BCUT2D eigenvalue weighted by molar-refractivity contribution is 5.96. The number of hydrogen-bond acceptors (Lipinski definition) is 4. The van der Waals surface area contributed by atoms with E-state index in [4.69, 9.17) is 0 Å². The van der Waals surface area contributed by atoms with Gasteiger partial charge in [0.2, 0.25) is 0 Å². The van der Waals surface area contributed by atoms with Gasteiger partial charge in [-0.3, -0.25) is 4.79 Å². The van der Waals surface area contributed by atoms with Gasteiger partial charge in [0.1, 0.15) is 0 Å². The number of esters is 1. The molecule has 1 N–H and O–H groups in total. The summed E-state index contributed by atoms with van der Waals surface area (Å²) in [6, 6.07) is 6.41. The van der Waals surface area contributed by atoms with E-state index in [0.29, 0.717) is 36.7 Å². The zero-order valence-corrected chi connectivity index (χ0v) is 14.9. The molecule has 0 spiro atoms. The van der Waals surface area contributed by atoms with E-state index in [1.54, 1.807) is 43.3 Å². The number of carbonyl (C=O) groups excluding carboxylic acids is 3. The molecule has 1 aliphatic rings. The van der Waals surface area contributed by atoms with Gasteiger partial charge in [0.05, 0.1) is 12.7 Å². The molecule has 0 radical (unpaired) electrons. The van der Waals surface area contributed by atoms with E-state index in [0.717, 1.165) is 12.8 Å². The molecule has 1 fully saturated rings. The lowest BCUT2D eigenvalue weighted by Gasteiger charge is -2.33. The lowest BCUT2D eigenvalue weighted by Crippen LogP contribution is -2.45. The molecule has 0 saturated carbocycles. The first-order valence-electron chi connectivity index (χ1n) is 8.35. The van der Waals surface area contributed by atoms with Gasteiger partial charge in [0.15, 0.2) is 0 Å². The highest BCUT2D eigenvalue weighted by atomic mass is 16.5. The van der Waals surface area contributed by atoms with Gasteiger partial charge < -0.3 is 19.9 Å². The van der Waals surface area contributed by atoms with Crippen molar-refractivity contribution in [1.82, 2.24) is 15.1 Å². The van der Waals surface area contributed by atoms with Crippen molar-refractivity contribution in [3.8, 4) is 0 Å². The van der Waals surface area contributed by atoms with E-state index in [9.17, 15) is 14.4 Å². The van der Waals surface area contributed by atoms with Gasteiger partial charge in [-0.1, -0.05) is 0 Å². The lowest BCUT2D eigenvalue weighted by molar-refractivity contribution is 0.0600. The first-order chi connectivity index (χ1) is 11.9. The number of likely N-dealkylation sites (tertiary alicyclic amines) is 1. The number of nitrogens with one attached hydrogen (secondary N) is 1. The molecular weight excluding hydrogens is 322 g/mol. The Morgan fingerprint density at radius 1 is 1.12 bits per heavy atom. The van der Waals surface area contributed by atoms with Crippen molar-refractivity contribution >= 4 is 17.9 Å². The smallest absolute Gasteiger partial charge is 0.337 e. The topological polar surface area (TPSA) is 79.0 Å². The largest absolute Gasteiger partial charge is 0.465 e. The summed E-state index contributed by atoms with van der Waals surface area (Å²) in [6.07, 6.45) is 1.75. The summed E-state index contributed by atoms with van der Waals surface area (Å²) in [4.78, 5) is 38.9. The highest BCUT2D eigenvalue weighted by Crippen LogP contribution is 2.17. The van der Waals surface area contributed by atoms with Crippen molar-refractivity contribution in [2.24, 2.45) is 5.92 Å². The van der Waals surface area contributed by atoms with E-state index in [1.165, 1.54) is 7.11 Å².